The van der Waals surface area contributed by atoms with Crippen LogP contribution in [0, 0.1) is 0 Å². The van der Waals surface area contributed by atoms with Gasteiger partial charge in [0.2, 0.25) is 21.8 Å². The van der Waals surface area contributed by atoms with Gasteiger partial charge < -0.3 is 15.0 Å². The first-order valence-corrected chi connectivity index (χ1v) is 16.6. The van der Waals surface area contributed by atoms with Crippen LogP contribution in [0.2, 0.25) is 0 Å². The quantitative estimate of drug-likeness (QED) is 0.181. The molecule has 0 aliphatic carbocycles. The minimum Gasteiger partial charge on any atom is -0.471 e. The monoisotopic (exact) mass is 603 g/mol. The van der Waals surface area contributed by atoms with Gasteiger partial charge in [-0.15, -0.1) is 0 Å². The lowest BCUT2D eigenvalue weighted by Crippen LogP contribution is -2.50. The van der Waals surface area contributed by atoms with E-state index in [4.69, 9.17) is 15.5 Å². The molecule has 43 heavy (non-hydrogen) atoms. The lowest BCUT2D eigenvalue weighted by molar-refractivity contribution is -0.922. The van der Waals surface area contributed by atoms with Gasteiger partial charge in [-0.2, -0.15) is 0 Å². The number of carbonyl (C=O) groups is 1. The molecule has 0 aliphatic heterocycles. The fraction of sp³-hybridized carbons (Fsp3) is 0.353. The number of amides is 1. The Labute approximate surface area is 255 Å². The van der Waals surface area contributed by atoms with Gasteiger partial charge in [-0.3, -0.25) is 4.79 Å². The Morgan fingerprint density at radius 3 is 2.30 bits per heavy atom. The van der Waals surface area contributed by atoms with Crippen LogP contribution in [0.25, 0.3) is 10.8 Å². The Balaban J connectivity index is 1.68. The molecule has 228 valence electrons. The Morgan fingerprint density at radius 1 is 0.977 bits per heavy atom. The largest absolute Gasteiger partial charge is 0.471 e. The van der Waals surface area contributed by atoms with E-state index >= 15 is 0 Å². The number of fused-ring (bicyclic) bond motifs is 1. The first kappa shape index (κ1) is 32.1. The van der Waals surface area contributed by atoms with Gasteiger partial charge in [-0.05, 0) is 48.1 Å². The highest BCUT2D eigenvalue weighted by molar-refractivity contribution is 7.88. The maximum Gasteiger partial charge on any atom is 0.248 e. The van der Waals surface area contributed by atoms with Gasteiger partial charge in [0.1, 0.15) is 19.2 Å². The number of aryl methyl sites for hydroxylation is 1. The average molecular weight is 604 g/mol. The number of unbranched alkanes of at least 4 members (excludes halogenated alkanes) is 1. The topological polar surface area (TPSA) is 111 Å². The number of sulfonamides is 1. The second kappa shape index (κ2) is 14.1. The molecule has 3 N–H and O–H groups in total. The lowest BCUT2D eigenvalue weighted by Gasteiger charge is -2.42. The summed E-state index contributed by atoms with van der Waals surface area (Å²) in [5, 5.41) is 2.09. The second-order valence-electron chi connectivity index (χ2n) is 11.7. The maximum absolute atomic E-state index is 12.2. The fourth-order valence-electron chi connectivity index (χ4n) is 5.65. The number of nitrogens with two attached hydrogens (primary N) is 1. The van der Waals surface area contributed by atoms with Crippen molar-refractivity contribution in [3.63, 3.8) is 0 Å². The molecule has 1 heterocycles. The molecule has 0 aliphatic rings. The predicted octanol–water partition coefficient (Wildman–Crippen LogP) is 5.21. The number of rotatable bonds is 15. The third-order valence-corrected chi connectivity index (χ3v) is 8.61. The molecule has 1 amide bonds. The number of primary amides is 1. The molecule has 9 heteroatoms. The summed E-state index contributed by atoms with van der Waals surface area (Å²) in [5.74, 6) is -0.0870. The van der Waals surface area contributed by atoms with Gasteiger partial charge >= 0.3 is 0 Å². The highest BCUT2D eigenvalue weighted by Gasteiger charge is 2.38. The minimum absolute atomic E-state index is 0.192. The van der Waals surface area contributed by atoms with Crippen LogP contribution in [0.3, 0.4) is 0 Å². The molecule has 0 fully saturated rings. The van der Waals surface area contributed by atoms with E-state index in [1.165, 1.54) is 6.26 Å². The molecule has 0 radical (unpaired) electrons. The summed E-state index contributed by atoms with van der Waals surface area (Å²) in [4.78, 5) is 16.7. The Morgan fingerprint density at radius 2 is 1.65 bits per heavy atom. The SMILES string of the molecule is CCCCc1cc2ccccc2c(OCC[N+](C)(C)[C@H](c2ccc(C(N)=O)cc2)C(CNS(C)(=O)=O)c2ccccc2)n1. The molecule has 1 aromatic heterocycles. The molecule has 0 saturated heterocycles. The lowest BCUT2D eigenvalue weighted by atomic mass is 9.84. The van der Waals surface area contributed by atoms with Crippen molar-refractivity contribution in [3.05, 3.63) is 107 Å². The summed E-state index contributed by atoms with van der Waals surface area (Å²) in [6.07, 6.45) is 4.22. The van der Waals surface area contributed by atoms with Gasteiger partial charge in [0.25, 0.3) is 0 Å². The summed E-state index contributed by atoms with van der Waals surface area (Å²) in [7, 11) is 0.799. The van der Waals surface area contributed by atoms with Crippen LogP contribution < -0.4 is 15.2 Å². The Bertz CT molecular complexity index is 1620. The zero-order valence-corrected chi connectivity index (χ0v) is 26.3. The Hall–Kier alpha value is -3.79. The van der Waals surface area contributed by atoms with E-state index in [0.29, 0.717) is 29.1 Å². The van der Waals surface area contributed by atoms with E-state index in [2.05, 4.69) is 37.9 Å². The zero-order valence-electron chi connectivity index (χ0n) is 25.5. The standard InChI is InChI=1S/C34H42N4O4S/c1-5-6-15-29-23-28-14-10-11-16-30(28)34(37-29)42-22-21-38(2,3)32(26-17-19-27(20-18-26)33(35)39)31(24-36-43(4,40)41)25-12-8-7-9-13-25/h7-14,16-20,23,31-32,36H,5-6,15,21-22,24H2,1-4H3,(H-,35,39)/p+1/t31?,32-/m1/s1. The molecule has 3 aromatic carbocycles. The predicted molar refractivity (Wildman–Crippen MR) is 173 cm³/mol. The molecule has 8 nitrogen and oxygen atoms in total. The van der Waals surface area contributed by atoms with Gasteiger partial charge in [-0.1, -0.05) is 74.0 Å². The van der Waals surface area contributed by atoms with Crippen molar-refractivity contribution in [2.24, 2.45) is 5.73 Å². The average Bonchev–Trinajstić information content (AvgIpc) is 2.98. The molecule has 0 bridgehead atoms. The normalized spacial score (nSPS) is 13.5. The van der Waals surface area contributed by atoms with E-state index in [-0.39, 0.29) is 18.5 Å². The van der Waals surface area contributed by atoms with Crippen LogP contribution in [0.5, 0.6) is 5.88 Å². The number of hydrogen-bond acceptors (Lipinski definition) is 5. The van der Waals surface area contributed by atoms with E-state index in [1.807, 2.05) is 60.7 Å². The van der Waals surface area contributed by atoms with Crippen molar-refractivity contribution in [1.82, 2.24) is 9.71 Å². The van der Waals surface area contributed by atoms with Crippen LogP contribution in [0.1, 0.15) is 58.9 Å². The van der Waals surface area contributed by atoms with Gasteiger partial charge in [0.05, 0.1) is 26.3 Å². The van der Waals surface area contributed by atoms with E-state index < -0.39 is 15.9 Å². The van der Waals surface area contributed by atoms with Crippen molar-refractivity contribution in [1.29, 1.82) is 0 Å². The molecule has 4 rings (SSSR count). The summed E-state index contributed by atoms with van der Waals surface area (Å²) >= 11 is 0. The molecule has 0 saturated carbocycles. The molecule has 0 spiro atoms. The third kappa shape index (κ3) is 8.63. The van der Waals surface area contributed by atoms with Crippen molar-refractivity contribution in [2.45, 2.75) is 38.1 Å². The van der Waals surface area contributed by atoms with Crippen molar-refractivity contribution in [3.8, 4) is 5.88 Å². The number of hydrogen-bond donors (Lipinski definition) is 2. The first-order valence-electron chi connectivity index (χ1n) is 14.7. The van der Waals surface area contributed by atoms with Crippen molar-refractivity contribution in [2.75, 3.05) is 40.0 Å². The minimum atomic E-state index is -3.44. The number of pyridine rings is 1. The summed E-state index contributed by atoms with van der Waals surface area (Å²) in [6, 6.07) is 27.3. The molecule has 1 unspecified atom stereocenters. The molecule has 2 atom stereocenters. The van der Waals surface area contributed by atoms with Crippen LogP contribution in [-0.2, 0) is 16.4 Å². The second-order valence-corrected chi connectivity index (χ2v) is 13.5. The van der Waals surface area contributed by atoms with Crippen LogP contribution in [0.15, 0.2) is 84.9 Å². The number of aromatic nitrogens is 1. The number of likely N-dealkylation sites (N-methyl/N-ethyl adjacent to an activating group) is 1. The van der Waals surface area contributed by atoms with Crippen molar-refractivity contribution >= 4 is 26.7 Å². The zero-order chi connectivity index (χ0) is 31.0. The van der Waals surface area contributed by atoms with Crippen LogP contribution in [-0.4, -0.2) is 63.8 Å². The van der Waals surface area contributed by atoms with Crippen LogP contribution >= 0.6 is 0 Å². The summed E-state index contributed by atoms with van der Waals surface area (Å²) in [5.41, 5.74) is 8.94. The van der Waals surface area contributed by atoms with Gasteiger partial charge in [-0.25, -0.2) is 18.1 Å². The fourth-order valence-corrected chi connectivity index (χ4v) is 6.14. The summed E-state index contributed by atoms with van der Waals surface area (Å²) in [6.45, 7) is 3.39. The van der Waals surface area contributed by atoms with Gasteiger partial charge in [0, 0.05) is 28.8 Å². The smallest absolute Gasteiger partial charge is 0.248 e. The maximum atomic E-state index is 12.2. The molecular weight excluding hydrogens is 560 g/mol. The van der Waals surface area contributed by atoms with Gasteiger partial charge in [0.15, 0.2) is 0 Å². The molecular formula is C34H43N4O4S+. The number of nitrogens with zero attached hydrogens (tertiary/aromatic N) is 2. The Kier molecular flexibility index (Phi) is 10.6. The van der Waals surface area contributed by atoms with E-state index in [9.17, 15) is 13.2 Å². The van der Waals surface area contributed by atoms with Crippen LogP contribution in [0.4, 0.5) is 0 Å². The number of nitrogens with one attached hydrogen (secondary N) is 1. The first-order chi connectivity index (χ1) is 20.5. The van der Waals surface area contributed by atoms with Crippen molar-refractivity contribution < 1.29 is 22.4 Å². The number of benzene rings is 3. The number of ether oxygens (including phenoxy) is 1. The third-order valence-electron chi connectivity index (χ3n) is 7.92. The van der Waals surface area contributed by atoms with E-state index in [0.717, 1.165) is 46.9 Å². The number of carbonyl (C=O) groups excluding carboxylic acids is 1. The number of quaternary nitrogens is 1. The highest BCUT2D eigenvalue weighted by Crippen LogP contribution is 2.39. The summed E-state index contributed by atoms with van der Waals surface area (Å²) < 4.78 is 34.1. The molecule has 4 aromatic rings. The van der Waals surface area contributed by atoms with E-state index in [1.54, 1.807) is 12.1 Å². The highest BCUT2D eigenvalue weighted by atomic mass is 32.2.